The van der Waals surface area contributed by atoms with Crippen molar-refractivity contribution in [1.29, 1.82) is 0 Å². The molecule has 0 aliphatic rings. The summed E-state index contributed by atoms with van der Waals surface area (Å²) in [5.41, 5.74) is -0.282. The van der Waals surface area contributed by atoms with Gasteiger partial charge in [0.25, 0.3) is 0 Å². The van der Waals surface area contributed by atoms with Crippen molar-refractivity contribution in [2.75, 3.05) is 7.11 Å². The number of carbonyl (C=O) groups excluding carboxylic acids is 1. The molecule has 0 amide bonds. The van der Waals surface area contributed by atoms with E-state index < -0.39 is 5.97 Å². The van der Waals surface area contributed by atoms with E-state index in [1.54, 1.807) is 0 Å². The monoisotopic (exact) mass is 153 g/mol. The van der Waals surface area contributed by atoms with Crippen LogP contribution < -0.4 is 9.84 Å². The van der Waals surface area contributed by atoms with Gasteiger partial charge < -0.3 is 14.6 Å². The zero-order valence-corrected chi connectivity index (χ0v) is 5.77. The van der Waals surface area contributed by atoms with Gasteiger partial charge in [-0.3, -0.25) is 0 Å². The zero-order valence-electron chi connectivity index (χ0n) is 5.77. The summed E-state index contributed by atoms with van der Waals surface area (Å²) in [6.07, 6.45) is 2.60. The first-order valence-corrected chi connectivity index (χ1v) is 2.82. The lowest BCUT2D eigenvalue weighted by atomic mass is 10.4. The summed E-state index contributed by atoms with van der Waals surface area (Å²) in [5, 5.41) is 10.3. The SMILES string of the molecule is COc1nccnc1C(=O)[O-]. The van der Waals surface area contributed by atoms with Gasteiger partial charge in [-0.2, -0.15) is 0 Å². The topological polar surface area (TPSA) is 75.1 Å². The first-order chi connectivity index (χ1) is 5.25. The summed E-state index contributed by atoms with van der Waals surface area (Å²) in [7, 11) is 1.32. The van der Waals surface area contributed by atoms with E-state index in [1.165, 1.54) is 19.5 Å². The minimum atomic E-state index is -1.39. The van der Waals surface area contributed by atoms with E-state index in [4.69, 9.17) is 0 Å². The van der Waals surface area contributed by atoms with Crippen LogP contribution in [-0.4, -0.2) is 23.0 Å². The maximum Gasteiger partial charge on any atom is 0.241 e. The van der Waals surface area contributed by atoms with Gasteiger partial charge in [0.05, 0.1) is 13.1 Å². The number of carboxylic acid groups (broad SMARTS) is 1. The largest absolute Gasteiger partial charge is 0.543 e. The molecule has 0 saturated carbocycles. The maximum atomic E-state index is 10.3. The minimum absolute atomic E-state index is 0.0347. The third-order valence-corrected chi connectivity index (χ3v) is 1.05. The second-order valence-electron chi connectivity index (χ2n) is 1.70. The van der Waals surface area contributed by atoms with E-state index in [0.29, 0.717) is 0 Å². The van der Waals surface area contributed by atoms with Gasteiger partial charge in [-0.05, 0) is 0 Å². The fourth-order valence-corrected chi connectivity index (χ4v) is 0.615. The highest BCUT2D eigenvalue weighted by Crippen LogP contribution is 2.07. The highest BCUT2D eigenvalue weighted by molar-refractivity contribution is 5.85. The maximum absolute atomic E-state index is 10.3. The Morgan fingerprint density at radius 1 is 1.55 bits per heavy atom. The quantitative estimate of drug-likeness (QED) is 0.536. The minimum Gasteiger partial charge on any atom is -0.543 e. The van der Waals surface area contributed by atoms with Crippen LogP contribution in [-0.2, 0) is 0 Å². The predicted molar refractivity (Wildman–Crippen MR) is 32.9 cm³/mol. The average Bonchev–Trinajstić information content (AvgIpc) is 2.04. The van der Waals surface area contributed by atoms with Crippen LogP contribution in [0.4, 0.5) is 0 Å². The van der Waals surface area contributed by atoms with Crippen LogP contribution in [0.25, 0.3) is 0 Å². The predicted octanol–water partition coefficient (Wildman–Crippen LogP) is -1.15. The molecule has 0 N–H and O–H groups in total. The molecule has 58 valence electrons. The van der Waals surface area contributed by atoms with Gasteiger partial charge in [-0.1, -0.05) is 0 Å². The Balaban J connectivity index is 3.12. The van der Waals surface area contributed by atoms with Crippen molar-refractivity contribution < 1.29 is 14.6 Å². The van der Waals surface area contributed by atoms with Crippen molar-refractivity contribution in [1.82, 2.24) is 9.97 Å². The first-order valence-electron chi connectivity index (χ1n) is 2.82. The number of aromatic nitrogens is 2. The molecule has 11 heavy (non-hydrogen) atoms. The van der Waals surface area contributed by atoms with Crippen LogP contribution in [0, 0.1) is 0 Å². The Hall–Kier alpha value is -1.65. The lowest BCUT2D eigenvalue weighted by Gasteiger charge is -2.04. The summed E-state index contributed by atoms with van der Waals surface area (Å²) in [5.74, 6) is -1.43. The van der Waals surface area contributed by atoms with Crippen LogP contribution in [0.2, 0.25) is 0 Å². The van der Waals surface area contributed by atoms with Gasteiger partial charge in [-0.15, -0.1) is 0 Å². The fourth-order valence-electron chi connectivity index (χ4n) is 0.615. The second-order valence-corrected chi connectivity index (χ2v) is 1.70. The molecule has 5 nitrogen and oxygen atoms in total. The summed E-state index contributed by atoms with van der Waals surface area (Å²) >= 11 is 0. The smallest absolute Gasteiger partial charge is 0.241 e. The molecule has 0 atom stereocenters. The second kappa shape index (κ2) is 2.96. The van der Waals surface area contributed by atoms with Gasteiger partial charge in [-0.25, -0.2) is 9.97 Å². The number of methoxy groups -OCH3 is 1. The molecule has 0 aromatic carbocycles. The first kappa shape index (κ1) is 7.46. The van der Waals surface area contributed by atoms with Crippen molar-refractivity contribution >= 4 is 5.97 Å². The Kier molecular flexibility index (Phi) is 2.00. The molecule has 0 saturated heterocycles. The van der Waals surface area contributed by atoms with Gasteiger partial charge in [0, 0.05) is 12.4 Å². The van der Waals surface area contributed by atoms with Crippen LogP contribution >= 0.6 is 0 Å². The normalized spacial score (nSPS) is 9.18. The Bertz CT molecular complexity index is 274. The lowest BCUT2D eigenvalue weighted by Crippen LogP contribution is -2.24. The van der Waals surface area contributed by atoms with Gasteiger partial charge in [0.1, 0.15) is 5.69 Å². The molecule has 0 unspecified atom stereocenters. The van der Waals surface area contributed by atoms with E-state index in [2.05, 4.69) is 14.7 Å². The molecular formula is C6H5N2O3-. The van der Waals surface area contributed by atoms with E-state index in [-0.39, 0.29) is 11.6 Å². The molecule has 0 radical (unpaired) electrons. The van der Waals surface area contributed by atoms with Crippen molar-refractivity contribution in [3.8, 4) is 5.88 Å². The van der Waals surface area contributed by atoms with Crippen LogP contribution in [0.3, 0.4) is 0 Å². The zero-order chi connectivity index (χ0) is 8.27. The molecule has 1 aromatic heterocycles. The molecule has 0 aliphatic carbocycles. The van der Waals surface area contributed by atoms with Gasteiger partial charge in [0.15, 0.2) is 0 Å². The van der Waals surface area contributed by atoms with Gasteiger partial charge in [0.2, 0.25) is 5.88 Å². The number of hydrogen-bond donors (Lipinski definition) is 0. The Labute approximate surface area is 62.7 Å². The number of hydrogen-bond acceptors (Lipinski definition) is 5. The highest BCUT2D eigenvalue weighted by atomic mass is 16.5. The number of nitrogens with zero attached hydrogens (tertiary/aromatic N) is 2. The molecule has 1 heterocycles. The summed E-state index contributed by atoms with van der Waals surface area (Å²) in [4.78, 5) is 17.4. The fraction of sp³-hybridized carbons (Fsp3) is 0.167. The number of aromatic carboxylic acids is 1. The molecule has 0 spiro atoms. The number of rotatable bonds is 2. The molecule has 1 aromatic rings. The number of carbonyl (C=O) groups is 1. The standard InChI is InChI=1S/C6H6N2O3/c1-11-5-4(6(9)10)7-2-3-8-5/h2-3H,1H3,(H,9,10)/p-1. The molecule has 0 aliphatic heterocycles. The molecular weight excluding hydrogens is 148 g/mol. The molecule has 5 heteroatoms. The van der Waals surface area contributed by atoms with Crippen LogP contribution in [0.5, 0.6) is 5.88 Å². The van der Waals surface area contributed by atoms with Crippen LogP contribution in [0.1, 0.15) is 10.5 Å². The molecule has 0 bridgehead atoms. The number of ether oxygens (including phenoxy) is 1. The third kappa shape index (κ3) is 1.43. The number of carboxylic acids is 1. The Morgan fingerprint density at radius 2 is 2.18 bits per heavy atom. The van der Waals surface area contributed by atoms with Crippen molar-refractivity contribution in [3.63, 3.8) is 0 Å². The van der Waals surface area contributed by atoms with Crippen molar-refractivity contribution in [2.24, 2.45) is 0 Å². The average molecular weight is 153 g/mol. The van der Waals surface area contributed by atoms with E-state index in [1.807, 2.05) is 0 Å². The van der Waals surface area contributed by atoms with Gasteiger partial charge >= 0.3 is 0 Å². The summed E-state index contributed by atoms with van der Waals surface area (Å²) in [6, 6.07) is 0. The van der Waals surface area contributed by atoms with E-state index in [0.717, 1.165) is 0 Å². The summed E-state index contributed by atoms with van der Waals surface area (Å²) < 4.78 is 4.61. The third-order valence-electron chi connectivity index (χ3n) is 1.05. The van der Waals surface area contributed by atoms with Crippen molar-refractivity contribution in [2.45, 2.75) is 0 Å². The van der Waals surface area contributed by atoms with E-state index in [9.17, 15) is 9.90 Å². The Morgan fingerprint density at radius 3 is 2.64 bits per heavy atom. The highest BCUT2D eigenvalue weighted by Gasteiger charge is 2.03. The molecule has 1 rings (SSSR count). The summed E-state index contributed by atoms with van der Waals surface area (Å²) in [6.45, 7) is 0. The van der Waals surface area contributed by atoms with Crippen LogP contribution in [0.15, 0.2) is 12.4 Å². The van der Waals surface area contributed by atoms with E-state index >= 15 is 0 Å². The van der Waals surface area contributed by atoms with Crippen molar-refractivity contribution in [3.05, 3.63) is 18.1 Å². The lowest BCUT2D eigenvalue weighted by molar-refractivity contribution is -0.255. The molecule has 0 fully saturated rings.